The quantitative estimate of drug-likeness (QED) is 0.711. The van der Waals surface area contributed by atoms with Gasteiger partial charge in [0.1, 0.15) is 18.1 Å². The maximum atomic E-state index is 5.95. The van der Waals surface area contributed by atoms with Crippen molar-refractivity contribution in [2.45, 2.75) is 26.5 Å². The Hall–Kier alpha value is -2.62. The summed E-state index contributed by atoms with van der Waals surface area (Å²) in [6, 6.07) is 14.0. The number of nitrogen functional groups attached to an aromatic ring is 1. The lowest BCUT2D eigenvalue weighted by molar-refractivity contribution is 0.306. The van der Waals surface area contributed by atoms with Crippen LogP contribution in [-0.4, -0.2) is 11.7 Å². The summed E-state index contributed by atoms with van der Waals surface area (Å²) in [4.78, 5) is 0. The van der Waals surface area contributed by atoms with Gasteiger partial charge in [-0.05, 0) is 56.3 Å². The molecular formula is C19H22N2O2. The Balaban J connectivity index is 1.88. The second-order valence-electron chi connectivity index (χ2n) is 5.90. The minimum absolute atomic E-state index is 0.385. The van der Waals surface area contributed by atoms with E-state index in [4.69, 9.17) is 15.2 Å². The van der Waals surface area contributed by atoms with Crippen LogP contribution in [0.4, 0.5) is 5.69 Å². The van der Waals surface area contributed by atoms with Gasteiger partial charge in [-0.2, -0.15) is 0 Å². The summed E-state index contributed by atoms with van der Waals surface area (Å²) in [6.45, 7) is 4.85. The number of ether oxygens (including phenoxy) is 2. The van der Waals surface area contributed by atoms with Crippen molar-refractivity contribution >= 4 is 16.6 Å². The van der Waals surface area contributed by atoms with Gasteiger partial charge in [-0.15, -0.1) is 0 Å². The topological polar surface area (TPSA) is 49.4 Å². The van der Waals surface area contributed by atoms with Gasteiger partial charge in [-0.25, -0.2) is 0 Å². The molecule has 0 aliphatic heterocycles. The molecule has 120 valence electrons. The van der Waals surface area contributed by atoms with Gasteiger partial charge in [0, 0.05) is 34.4 Å². The zero-order valence-corrected chi connectivity index (χ0v) is 13.7. The fraction of sp³-hybridized carbons (Fsp3) is 0.263. The monoisotopic (exact) mass is 310 g/mol. The normalized spacial score (nSPS) is 11.1. The minimum Gasteiger partial charge on any atom is -0.497 e. The summed E-state index contributed by atoms with van der Waals surface area (Å²) in [7, 11) is 1.65. The number of anilines is 1. The highest BCUT2D eigenvalue weighted by atomic mass is 16.5. The maximum Gasteiger partial charge on any atom is 0.120 e. The van der Waals surface area contributed by atoms with E-state index in [1.165, 1.54) is 5.52 Å². The van der Waals surface area contributed by atoms with Crippen LogP contribution in [0.2, 0.25) is 0 Å². The Bertz CT molecular complexity index is 804. The van der Waals surface area contributed by atoms with Gasteiger partial charge < -0.3 is 19.8 Å². The molecule has 0 spiro atoms. The van der Waals surface area contributed by atoms with Crippen molar-refractivity contribution in [2.75, 3.05) is 12.8 Å². The van der Waals surface area contributed by atoms with Crippen LogP contribution in [0, 0.1) is 0 Å². The molecule has 1 aromatic heterocycles. The number of nitrogens with zero attached hydrogens (tertiary/aromatic N) is 1. The average Bonchev–Trinajstić information content (AvgIpc) is 2.91. The minimum atomic E-state index is 0.385. The Morgan fingerprint density at radius 2 is 1.74 bits per heavy atom. The number of hydrogen-bond donors (Lipinski definition) is 1. The van der Waals surface area contributed by atoms with Crippen molar-refractivity contribution in [1.82, 2.24) is 4.57 Å². The Morgan fingerprint density at radius 1 is 1.04 bits per heavy atom. The van der Waals surface area contributed by atoms with Crippen LogP contribution in [0.25, 0.3) is 10.9 Å². The van der Waals surface area contributed by atoms with Crippen LogP contribution >= 0.6 is 0 Å². The van der Waals surface area contributed by atoms with Crippen LogP contribution in [-0.2, 0) is 6.61 Å². The first-order valence-electron chi connectivity index (χ1n) is 7.74. The van der Waals surface area contributed by atoms with E-state index in [-0.39, 0.29) is 0 Å². The standard InChI is InChI=1S/C19H22N2O2/c1-13(2)21-11-14(18-10-15(20)4-9-19(18)21)12-23-17-7-5-16(22-3)6-8-17/h4-11,13H,12,20H2,1-3H3. The number of aromatic nitrogens is 1. The molecular weight excluding hydrogens is 288 g/mol. The summed E-state index contributed by atoms with van der Waals surface area (Å²) in [5.41, 5.74) is 9.04. The highest BCUT2D eigenvalue weighted by molar-refractivity contribution is 5.87. The van der Waals surface area contributed by atoms with Gasteiger partial charge in [0.25, 0.3) is 0 Å². The molecule has 0 bridgehead atoms. The lowest BCUT2D eigenvalue weighted by atomic mass is 10.1. The van der Waals surface area contributed by atoms with Gasteiger partial charge in [0.05, 0.1) is 7.11 Å². The molecule has 0 radical (unpaired) electrons. The molecule has 0 saturated heterocycles. The van der Waals surface area contributed by atoms with Crippen molar-refractivity contribution in [3.8, 4) is 11.5 Å². The zero-order chi connectivity index (χ0) is 16.4. The molecule has 2 N–H and O–H groups in total. The maximum absolute atomic E-state index is 5.95. The third-order valence-corrected chi connectivity index (χ3v) is 3.95. The predicted octanol–water partition coefficient (Wildman–Crippen LogP) is 4.39. The molecule has 4 nitrogen and oxygen atoms in total. The molecule has 0 atom stereocenters. The van der Waals surface area contributed by atoms with E-state index < -0.39 is 0 Å². The van der Waals surface area contributed by atoms with Gasteiger partial charge >= 0.3 is 0 Å². The van der Waals surface area contributed by atoms with Crippen molar-refractivity contribution in [3.05, 3.63) is 54.2 Å². The number of methoxy groups -OCH3 is 1. The summed E-state index contributed by atoms with van der Waals surface area (Å²) in [5.74, 6) is 1.64. The van der Waals surface area contributed by atoms with Crippen LogP contribution in [0.15, 0.2) is 48.7 Å². The fourth-order valence-corrected chi connectivity index (χ4v) is 2.72. The van der Waals surface area contributed by atoms with Crippen molar-refractivity contribution in [3.63, 3.8) is 0 Å². The predicted molar refractivity (Wildman–Crippen MR) is 94.1 cm³/mol. The number of rotatable bonds is 5. The third-order valence-electron chi connectivity index (χ3n) is 3.95. The van der Waals surface area contributed by atoms with Crippen LogP contribution < -0.4 is 15.2 Å². The number of fused-ring (bicyclic) bond motifs is 1. The molecule has 0 aliphatic carbocycles. The fourth-order valence-electron chi connectivity index (χ4n) is 2.72. The zero-order valence-electron chi connectivity index (χ0n) is 13.7. The molecule has 1 heterocycles. The van der Waals surface area contributed by atoms with Crippen LogP contribution in [0.5, 0.6) is 11.5 Å². The molecule has 3 rings (SSSR count). The molecule has 3 aromatic rings. The average molecular weight is 310 g/mol. The van der Waals surface area contributed by atoms with Crippen LogP contribution in [0.1, 0.15) is 25.5 Å². The Labute approximate surface area is 136 Å². The van der Waals surface area contributed by atoms with E-state index >= 15 is 0 Å². The van der Waals surface area contributed by atoms with E-state index in [1.807, 2.05) is 36.4 Å². The number of benzene rings is 2. The second-order valence-corrected chi connectivity index (χ2v) is 5.90. The summed E-state index contributed by atoms with van der Waals surface area (Å²) in [5, 5.41) is 1.15. The van der Waals surface area contributed by atoms with Gasteiger partial charge in [-0.3, -0.25) is 0 Å². The number of hydrogen-bond acceptors (Lipinski definition) is 3. The summed E-state index contributed by atoms with van der Waals surface area (Å²) in [6.07, 6.45) is 2.15. The molecule has 0 unspecified atom stereocenters. The van der Waals surface area contributed by atoms with E-state index in [2.05, 4.69) is 30.7 Å². The summed E-state index contributed by atoms with van der Waals surface area (Å²) >= 11 is 0. The van der Waals surface area contributed by atoms with Gasteiger partial charge in [0.15, 0.2) is 0 Å². The molecule has 23 heavy (non-hydrogen) atoms. The second kappa shape index (κ2) is 6.24. The molecule has 0 fully saturated rings. The molecule has 2 aromatic carbocycles. The van der Waals surface area contributed by atoms with Crippen molar-refractivity contribution < 1.29 is 9.47 Å². The molecule has 0 amide bonds. The Morgan fingerprint density at radius 3 is 2.39 bits per heavy atom. The van der Waals surface area contributed by atoms with E-state index in [0.717, 1.165) is 28.1 Å². The molecule has 4 heteroatoms. The first-order valence-corrected chi connectivity index (χ1v) is 7.74. The van der Waals surface area contributed by atoms with E-state index in [0.29, 0.717) is 12.6 Å². The van der Waals surface area contributed by atoms with E-state index in [1.54, 1.807) is 7.11 Å². The van der Waals surface area contributed by atoms with Gasteiger partial charge in [-0.1, -0.05) is 0 Å². The van der Waals surface area contributed by atoms with Gasteiger partial charge in [0.2, 0.25) is 0 Å². The van der Waals surface area contributed by atoms with Crippen LogP contribution in [0.3, 0.4) is 0 Å². The number of nitrogens with two attached hydrogens (primary N) is 1. The first kappa shape index (κ1) is 15.3. The highest BCUT2D eigenvalue weighted by Crippen LogP contribution is 2.28. The largest absolute Gasteiger partial charge is 0.497 e. The molecule has 0 saturated carbocycles. The highest BCUT2D eigenvalue weighted by Gasteiger charge is 2.11. The van der Waals surface area contributed by atoms with Crippen molar-refractivity contribution in [2.24, 2.45) is 0 Å². The van der Waals surface area contributed by atoms with Crippen molar-refractivity contribution in [1.29, 1.82) is 0 Å². The lowest BCUT2D eigenvalue weighted by Crippen LogP contribution is -1.98. The molecule has 0 aliphatic rings. The first-order chi connectivity index (χ1) is 11.1. The Kier molecular flexibility index (Phi) is 4.15. The lowest BCUT2D eigenvalue weighted by Gasteiger charge is -2.08. The smallest absolute Gasteiger partial charge is 0.120 e. The SMILES string of the molecule is COc1ccc(OCc2cn(C(C)C)c3ccc(N)cc23)cc1. The van der Waals surface area contributed by atoms with E-state index in [9.17, 15) is 0 Å². The third kappa shape index (κ3) is 3.11. The summed E-state index contributed by atoms with van der Waals surface area (Å²) < 4.78 is 13.3.